The number of aryl methyl sites for hydroxylation is 3. The molecule has 0 saturated heterocycles. The van der Waals surface area contributed by atoms with Crippen LogP contribution in [0.1, 0.15) is 43.7 Å². The number of carbonyl (C=O) groups excluding carboxylic acids is 1. The minimum Gasteiger partial charge on any atom is -0.312 e. The summed E-state index contributed by atoms with van der Waals surface area (Å²) in [5.41, 5.74) is 7.70. The monoisotopic (exact) mass is 279 g/mol. The number of ketones is 1. The number of rotatable bonds is 2. The average Bonchev–Trinajstić information content (AvgIpc) is 2.50. The van der Waals surface area contributed by atoms with E-state index in [4.69, 9.17) is 0 Å². The van der Waals surface area contributed by atoms with Crippen molar-refractivity contribution in [2.75, 3.05) is 6.54 Å². The zero-order valence-corrected chi connectivity index (χ0v) is 12.9. The topological polar surface area (TPSA) is 29.1 Å². The van der Waals surface area contributed by atoms with Crippen molar-refractivity contribution in [3.05, 3.63) is 69.3 Å². The van der Waals surface area contributed by atoms with Gasteiger partial charge in [-0.25, -0.2) is 0 Å². The minimum atomic E-state index is 0.129. The van der Waals surface area contributed by atoms with E-state index in [2.05, 4.69) is 37.4 Å². The highest BCUT2D eigenvalue weighted by Gasteiger charge is 2.16. The normalized spacial score (nSPS) is 13.9. The maximum Gasteiger partial charge on any atom is 0.193 e. The predicted octanol–water partition coefficient (Wildman–Crippen LogP) is 3.49. The third-order valence-electron chi connectivity index (χ3n) is 4.44. The van der Waals surface area contributed by atoms with E-state index in [0.717, 1.165) is 36.2 Å². The fraction of sp³-hybridized carbons (Fsp3) is 0.316. The molecule has 0 bridgehead atoms. The van der Waals surface area contributed by atoms with E-state index in [1.807, 2.05) is 19.1 Å². The SMILES string of the molecule is Cc1cc(C)c(C(=O)c2ccc3c(c2)CNCC3)cc1C. The third-order valence-corrected chi connectivity index (χ3v) is 4.44. The van der Waals surface area contributed by atoms with Crippen molar-refractivity contribution in [1.82, 2.24) is 5.32 Å². The lowest BCUT2D eigenvalue weighted by Gasteiger charge is -2.18. The van der Waals surface area contributed by atoms with Gasteiger partial charge in [0, 0.05) is 17.7 Å². The lowest BCUT2D eigenvalue weighted by atomic mass is 9.92. The van der Waals surface area contributed by atoms with Gasteiger partial charge in [0.15, 0.2) is 5.78 Å². The molecule has 0 aromatic heterocycles. The van der Waals surface area contributed by atoms with Crippen LogP contribution in [-0.2, 0) is 13.0 Å². The molecule has 0 spiro atoms. The van der Waals surface area contributed by atoms with E-state index in [9.17, 15) is 4.79 Å². The second-order valence-corrected chi connectivity index (χ2v) is 5.99. The zero-order valence-electron chi connectivity index (χ0n) is 12.9. The van der Waals surface area contributed by atoms with Crippen LogP contribution in [0.2, 0.25) is 0 Å². The third kappa shape index (κ3) is 2.64. The summed E-state index contributed by atoms with van der Waals surface area (Å²) < 4.78 is 0. The summed E-state index contributed by atoms with van der Waals surface area (Å²) in [5, 5.41) is 3.36. The molecule has 2 heteroatoms. The number of benzene rings is 2. The molecule has 2 aromatic carbocycles. The average molecular weight is 279 g/mol. The van der Waals surface area contributed by atoms with Crippen LogP contribution in [0, 0.1) is 20.8 Å². The van der Waals surface area contributed by atoms with Gasteiger partial charge in [-0.3, -0.25) is 4.79 Å². The lowest BCUT2D eigenvalue weighted by Crippen LogP contribution is -2.23. The summed E-state index contributed by atoms with van der Waals surface area (Å²) in [4.78, 5) is 12.8. The van der Waals surface area contributed by atoms with Crippen LogP contribution >= 0.6 is 0 Å². The largest absolute Gasteiger partial charge is 0.312 e. The van der Waals surface area contributed by atoms with Crippen LogP contribution in [0.15, 0.2) is 30.3 Å². The molecule has 2 aromatic rings. The maximum absolute atomic E-state index is 12.8. The first-order valence-corrected chi connectivity index (χ1v) is 7.51. The molecule has 3 rings (SSSR count). The molecule has 1 aliphatic rings. The number of fused-ring (bicyclic) bond motifs is 1. The predicted molar refractivity (Wildman–Crippen MR) is 85.9 cm³/mol. The van der Waals surface area contributed by atoms with E-state index in [0.29, 0.717) is 0 Å². The van der Waals surface area contributed by atoms with Gasteiger partial charge < -0.3 is 5.32 Å². The molecule has 108 valence electrons. The molecule has 0 fully saturated rings. The Kier molecular flexibility index (Phi) is 3.64. The second-order valence-electron chi connectivity index (χ2n) is 5.99. The first-order chi connectivity index (χ1) is 10.1. The van der Waals surface area contributed by atoms with Gasteiger partial charge in [0.05, 0.1) is 0 Å². The second kappa shape index (κ2) is 5.45. The Morgan fingerprint density at radius 2 is 1.71 bits per heavy atom. The van der Waals surface area contributed by atoms with Crippen LogP contribution in [-0.4, -0.2) is 12.3 Å². The van der Waals surface area contributed by atoms with Crippen molar-refractivity contribution in [2.24, 2.45) is 0 Å². The number of hydrogen-bond donors (Lipinski definition) is 1. The Morgan fingerprint density at radius 3 is 2.52 bits per heavy atom. The summed E-state index contributed by atoms with van der Waals surface area (Å²) in [5.74, 6) is 0.129. The first-order valence-electron chi connectivity index (χ1n) is 7.51. The van der Waals surface area contributed by atoms with Gasteiger partial charge in [0.2, 0.25) is 0 Å². The molecule has 0 saturated carbocycles. The Balaban J connectivity index is 2.01. The van der Waals surface area contributed by atoms with Crippen LogP contribution in [0.25, 0.3) is 0 Å². The molecule has 0 aliphatic carbocycles. The van der Waals surface area contributed by atoms with Crippen molar-refractivity contribution in [1.29, 1.82) is 0 Å². The zero-order chi connectivity index (χ0) is 15.0. The Hall–Kier alpha value is -1.93. The fourth-order valence-corrected chi connectivity index (χ4v) is 2.98. The standard InChI is InChI=1S/C19H21NO/c1-12-8-14(3)18(9-13(12)2)19(21)16-5-4-15-6-7-20-11-17(15)10-16/h4-5,8-10,20H,6-7,11H2,1-3H3. The number of nitrogens with one attached hydrogen (secondary N) is 1. The number of hydrogen-bond acceptors (Lipinski definition) is 2. The Morgan fingerprint density at radius 1 is 0.952 bits per heavy atom. The Bertz CT molecular complexity index is 716. The summed E-state index contributed by atoms with van der Waals surface area (Å²) in [6.07, 6.45) is 1.05. The summed E-state index contributed by atoms with van der Waals surface area (Å²) in [6, 6.07) is 10.3. The number of carbonyl (C=O) groups is 1. The molecule has 1 N–H and O–H groups in total. The van der Waals surface area contributed by atoms with Crippen LogP contribution < -0.4 is 5.32 Å². The molecule has 21 heavy (non-hydrogen) atoms. The van der Waals surface area contributed by atoms with Gasteiger partial charge in [-0.05, 0) is 73.7 Å². The quantitative estimate of drug-likeness (QED) is 0.853. The molecular weight excluding hydrogens is 258 g/mol. The molecule has 0 atom stereocenters. The van der Waals surface area contributed by atoms with Crippen LogP contribution in [0.4, 0.5) is 0 Å². The molecule has 1 aliphatic heterocycles. The molecule has 1 heterocycles. The summed E-state index contributed by atoms with van der Waals surface area (Å²) in [7, 11) is 0. The molecule has 0 radical (unpaired) electrons. The lowest BCUT2D eigenvalue weighted by molar-refractivity contribution is 0.103. The van der Waals surface area contributed by atoms with Gasteiger partial charge in [-0.1, -0.05) is 18.2 Å². The summed E-state index contributed by atoms with van der Waals surface area (Å²) in [6.45, 7) is 8.04. The Labute approximate surface area is 126 Å². The molecule has 0 amide bonds. The van der Waals surface area contributed by atoms with Gasteiger partial charge in [0.25, 0.3) is 0 Å². The molecule has 0 unspecified atom stereocenters. The smallest absolute Gasteiger partial charge is 0.193 e. The highest BCUT2D eigenvalue weighted by Crippen LogP contribution is 2.22. The van der Waals surface area contributed by atoms with Crippen molar-refractivity contribution in [3.8, 4) is 0 Å². The van der Waals surface area contributed by atoms with Gasteiger partial charge in [0.1, 0.15) is 0 Å². The van der Waals surface area contributed by atoms with E-state index < -0.39 is 0 Å². The first kappa shape index (κ1) is 14.0. The highest BCUT2D eigenvalue weighted by atomic mass is 16.1. The van der Waals surface area contributed by atoms with E-state index >= 15 is 0 Å². The molecule has 2 nitrogen and oxygen atoms in total. The molecular formula is C19H21NO. The van der Waals surface area contributed by atoms with Gasteiger partial charge in [-0.15, -0.1) is 0 Å². The van der Waals surface area contributed by atoms with Gasteiger partial charge in [-0.2, -0.15) is 0 Å². The maximum atomic E-state index is 12.8. The van der Waals surface area contributed by atoms with Crippen molar-refractivity contribution in [2.45, 2.75) is 33.7 Å². The van der Waals surface area contributed by atoms with E-state index in [1.54, 1.807) is 0 Å². The van der Waals surface area contributed by atoms with Crippen molar-refractivity contribution >= 4 is 5.78 Å². The van der Waals surface area contributed by atoms with Crippen molar-refractivity contribution in [3.63, 3.8) is 0 Å². The summed E-state index contributed by atoms with van der Waals surface area (Å²) >= 11 is 0. The van der Waals surface area contributed by atoms with Gasteiger partial charge >= 0.3 is 0 Å². The van der Waals surface area contributed by atoms with E-state index in [1.165, 1.54) is 22.3 Å². The fourth-order valence-electron chi connectivity index (χ4n) is 2.98. The van der Waals surface area contributed by atoms with Crippen LogP contribution in [0.5, 0.6) is 0 Å². The minimum absolute atomic E-state index is 0.129. The van der Waals surface area contributed by atoms with Crippen molar-refractivity contribution < 1.29 is 4.79 Å². The highest BCUT2D eigenvalue weighted by molar-refractivity contribution is 6.10. The van der Waals surface area contributed by atoms with E-state index in [-0.39, 0.29) is 5.78 Å². The van der Waals surface area contributed by atoms with Crippen LogP contribution in [0.3, 0.4) is 0 Å².